The van der Waals surface area contributed by atoms with E-state index in [1.807, 2.05) is 0 Å². The smallest absolute Gasteiger partial charge is 0.349 e. The fourth-order valence-electron chi connectivity index (χ4n) is 0.749. The van der Waals surface area contributed by atoms with E-state index in [4.69, 9.17) is 20.4 Å². The first-order chi connectivity index (χ1) is 5.95. The van der Waals surface area contributed by atoms with Gasteiger partial charge in [-0.1, -0.05) is 11.3 Å². The molecule has 1 heterocycles. The van der Waals surface area contributed by atoms with Crippen LogP contribution in [0.1, 0.15) is 20.0 Å². The highest BCUT2D eigenvalue weighted by molar-refractivity contribution is 7.16. The van der Waals surface area contributed by atoms with Gasteiger partial charge in [0.2, 0.25) is 0 Å². The number of carboxylic acids is 2. The lowest BCUT2D eigenvalue weighted by Crippen LogP contribution is -1.96. The predicted octanol–water partition coefficient (Wildman–Crippen LogP) is 0.556. The Morgan fingerprint density at radius 3 is 1.85 bits per heavy atom. The molecule has 0 aliphatic carbocycles. The maximum atomic E-state index is 10.4. The zero-order valence-corrected chi connectivity index (χ0v) is 6.83. The number of aromatic hydroxyl groups is 2. The van der Waals surface area contributed by atoms with E-state index in [1.54, 1.807) is 0 Å². The zero-order chi connectivity index (χ0) is 10.2. The van der Waals surface area contributed by atoms with Crippen molar-refractivity contribution in [3.05, 3.63) is 10.4 Å². The summed E-state index contributed by atoms with van der Waals surface area (Å²) in [5.74, 6) is -3.97. The normalized spacial score (nSPS) is 9.85. The molecule has 13 heavy (non-hydrogen) atoms. The van der Waals surface area contributed by atoms with Crippen molar-refractivity contribution >= 4 is 23.3 Å². The van der Waals surface area contributed by atoms with Gasteiger partial charge in [-0.3, -0.25) is 0 Å². The van der Waals surface area contributed by atoms with Crippen molar-refractivity contribution in [2.75, 3.05) is 0 Å². The molecule has 0 aromatic carbocycles. The van der Waals surface area contributed by atoms with Gasteiger partial charge in [0.25, 0.3) is 0 Å². The molecule has 0 radical (unpaired) electrons. The van der Waals surface area contributed by atoms with Crippen molar-refractivity contribution in [3.8, 4) is 10.8 Å². The van der Waals surface area contributed by atoms with E-state index in [0.717, 1.165) is 0 Å². The molecule has 1 aromatic rings. The highest BCUT2D eigenvalue weighted by Crippen LogP contribution is 2.39. The van der Waals surface area contributed by atoms with Crippen molar-refractivity contribution in [1.29, 1.82) is 0 Å². The first-order valence-electron chi connectivity index (χ1n) is 2.96. The summed E-state index contributed by atoms with van der Waals surface area (Å²) >= 11 is 0.303. The van der Waals surface area contributed by atoms with Crippen LogP contribution in [0.5, 0.6) is 10.8 Å². The molecule has 0 saturated heterocycles. The molecular weight excluding hydrogens is 200 g/mol. The van der Waals surface area contributed by atoms with E-state index in [0.29, 0.717) is 11.3 Å². The molecule has 70 valence electrons. The molecule has 6 nitrogen and oxygen atoms in total. The number of hydrogen-bond donors (Lipinski definition) is 4. The maximum absolute atomic E-state index is 10.4. The monoisotopic (exact) mass is 204 g/mol. The average Bonchev–Trinajstić information content (AvgIpc) is 2.26. The van der Waals surface area contributed by atoms with Crippen molar-refractivity contribution < 1.29 is 30.0 Å². The van der Waals surface area contributed by atoms with Crippen LogP contribution in [0.15, 0.2) is 0 Å². The lowest BCUT2D eigenvalue weighted by Gasteiger charge is -1.91. The van der Waals surface area contributed by atoms with Crippen LogP contribution in [-0.4, -0.2) is 32.4 Å². The van der Waals surface area contributed by atoms with E-state index in [9.17, 15) is 9.59 Å². The van der Waals surface area contributed by atoms with Gasteiger partial charge in [0, 0.05) is 0 Å². The summed E-state index contributed by atoms with van der Waals surface area (Å²) in [7, 11) is 0. The number of rotatable bonds is 2. The fraction of sp³-hybridized carbons (Fsp3) is 0. The molecule has 0 aliphatic heterocycles. The lowest BCUT2D eigenvalue weighted by molar-refractivity contribution is 0.0691. The van der Waals surface area contributed by atoms with E-state index in [-0.39, 0.29) is 0 Å². The van der Waals surface area contributed by atoms with Gasteiger partial charge in [0.1, 0.15) is 0 Å². The summed E-state index contributed by atoms with van der Waals surface area (Å²) in [5, 5.41) is 34.1. The number of carboxylic acid groups (broad SMARTS) is 2. The molecule has 4 N–H and O–H groups in total. The average molecular weight is 204 g/mol. The van der Waals surface area contributed by atoms with Crippen LogP contribution in [0, 0.1) is 0 Å². The second-order valence-electron chi connectivity index (χ2n) is 2.07. The summed E-state index contributed by atoms with van der Waals surface area (Å²) in [6.45, 7) is 0. The number of hydrogen-bond acceptors (Lipinski definition) is 5. The first-order valence-corrected chi connectivity index (χ1v) is 3.78. The molecule has 0 bridgehead atoms. The number of aromatic carboxylic acids is 2. The van der Waals surface area contributed by atoms with Crippen molar-refractivity contribution in [2.24, 2.45) is 0 Å². The van der Waals surface area contributed by atoms with Crippen LogP contribution in [0.3, 0.4) is 0 Å². The van der Waals surface area contributed by atoms with E-state index in [1.165, 1.54) is 0 Å². The zero-order valence-electron chi connectivity index (χ0n) is 6.01. The Morgan fingerprint density at radius 1 is 1.08 bits per heavy atom. The Bertz CT molecular complexity index is 379. The molecule has 0 atom stereocenters. The molecule has 0 fully saturated rings. The topological polar surface area (TPSA) is 115 Å². The van der Waals surface area contributed by atoms with Gasteiger partial charge in [-0.05, 0) is 0 Å². The minimum absolute atomic E-state index is 0.303. The summed E-state index contributed by atoms with van der Waals surface area (Å²) in [5.41, 5.74) is -0.776. The van der Waals surface area contributed by atoms with Gasteiger partial charge < -0.3 is 20.4 Å². The molecule has 7 heteroatoms. The van der Waals surface area contributed by atoms with Gasteiger partial charge in [-0.25, -0.2) is 9.59 Å². The Morgan fingerprint density at radius 2 is 1.62 bits per heavy atom. The molecule has 1 rings (SSSR count). The van der Waals surface area contributed by atoms with Crippen LogP contribution < -0.4 is 0 Å². The van der Waals surface area contributed by atoms with E-state index >= 15 is 0 Å². The summed E-state index contributed by atoms with van der Waals surface area (Å²) in [4.78, 5) is 20.1. The predicted molar refractivity (Wildman–Crippen MR) is 41.6 cm³/mol. The molecule has 1 aromatic heterocycles. The Kier molecular flexibility index (Phi) is 2.11. The fourth-order valence-corrected chi connectivity index (χ4v) is 1.51. The number of thiophene rings is 1. The summed E-state index contributed by atoms with van der Waals surface area (Å²) in [6.07, 6.45) is 0. The third-order valence-electron chi connectivity index (χ3n) is 1.27. The van der Waals surface area contributed by atoms with Crippen LogP contribution in [0.25, 0.3) is 0 Å². The first kappa shape index (κ1) is 9.33. The molecule has 0 spiro atoms. The second kappa shape index (κ2) is 2.94. The molecule has 0 aliphatic rings. The third-order valence-corrected chi connectivity index (χ3v) is 2.24. The van der Waals surface area contributed by atoms with Crippen LogP contribution in [0.4, 0.5) is 0 Å². The Labute approximate surface area is 75.3 Å². The molecular formula is C6H4O6S. The quantitative estimate of drug-likeness (QED) is 0.559. The molecule has 0 unspecified atom stereocenters. The third kappa shape index (κ3) is 1.41. The van der Waals surface area contributed by atoms with Gasteiger partial charge in [-0.15, -0.1) is 0 Å². The van der Waals surface area contributed by atoms with Crippen molar-refractivity contribution in [3.63, 3.8) is 0 Å². The Balaban J connectivity index is 3.39. The van der Waals surface area contributed by atoms with Gasteiger partial charge in [0.15, 0.2) is 21.3 Å². The van der Waals surface area contributed by atoms with E-state index < -0.39 is 33.2 Å². The van der Waals surface area contributed by atoms with Crippen LogP contribution in [-0.2, 0) is 0 Å². The minimum atomic E-state index is -1.57. The van der Waals surface area contributed by atoms with Gasteiger partial charge >= 0.3 is 11.9 Å². The minimum Gasteiger partial charge on any atom is -0.505 e. The summed E-state index contributed by atoms with van der Waals surface area (Å²) in [6, 6.07) is 0. The van der Waals surface area contributed by atoms with Gasteiger partial charge in [0.05, 0.1) is 0 Å². The molecule has 0 amide bonds. The highest BCUT2D eigenvalue weighted by atomic mass is 32.1. The standard InChI is InChI=1S/C6H4O6S/c7-2-1(4(8)9)6(12)13-3(2)5(10)11/h7,12H,(H,8,9)(H,10,11). The Hall–Kier alpha value is -1.76. The SMILES string of the molecule is O=C(O)c1sc(O)c(C(=O)O)c1O. The largest absolute Gasteiger partial charge is 0.505 e. The van der Waals surface area contributed by atoms with Crippen molar-refractivity contribution in [1.82, 2.24) is 0 Å². The van der Waals surface area contributed by atoms with Crippen LogP contribution >= 0.6 is 11.3 Å². The van der Waals surface area contributed by atoms with Crippen LogP contribution in [0.2, 0.25) is 0 Å². The maximum Gasteiger partial charge on any atom is 0.349 e. The van der Waals surface area contributed by atoms with Gasteiger partial charge in [-0.2, -0.15) is 0 Å². The lowest BCUT2D eigenvalue weighted by atomic mass is 10.2. The number of carbonyl (C=O) groups is 2. The second-order valence-corrected chi connectivity index (χ2v) is 3.07. The van der Waals surface area contributed by atoms with E-state index in [2.05, 4.69) is 0 Å². The highest BCUT2D eigenvalue weighted by Gasteiger charge is 2.26. The van der Waals surface area contributed by atoms with Crippen molar-refractivity contribution in [2.45, 2.75) is 0 Å². The molecule has 0 saturated carbocycles. The summed E-state index contributed by atoms with van der Waals surface area (Å²) < 4.78 is 0.